The maximum absolute atomic E-state index is 12.3. The van der Waals surface area contributed by atoms with Crippen LogP contribution in [0.2, 0.25) is 5.02 Å². The molecule has 0 heterocycles. The molecule has 0 radical (unpaired) electrons. The van der Waals surface area contributed by atoms with Crippen molar-refractivity contribution in [3.63, 3.8) is 0 Å². The average molecular weight is 405 g/mol. The minimum Gasteiger partial charge on any atom is -0.493 e. The number of carbonyl (C=O) groups is 2. The highest BCUT2D eigenvalue weighted by Crippen LogP contribution is 2.28. The molecular weight excluding hydrogens is 380 g/mol. The number of ether oxygens (including phenoxy) is 2. The zero-order valence-corrected chi connectivity index (χ0v) is 17.2. The summed E-state index contributed by atoms with van der Waals surface area (Å²) >= 11 is 6.16. The minimum absolute atomic E-state index is 0.0164. The third-order valence-corrected chi connectivity index (χ3v) is 4.34. The molecule has 2 aromatic rings. The summed E-state index contributed by atoms with van der Waals surface area (Å²) in [5.74, 6) is 0.844. The van der Waals surface area contributed by atoms with Gasteiger partial charge in [-0.05, 0) is 56.2 Å². The van der Waals surface area contributed by atoms with E-state index in [1.54, 1.807) is 38.5 Å². The molecule has 0 aromatic heterocycles. The molecule has 150 valence electrons. The van der Waals surface area contributed by atoms with Gasteiger partial charge in [-0.1, -0.05) is 17.7 Å². The molecule has 2 rings (SSSR count). The van der Waals surface area contributed by atoms with Crippen LogP contribution in [0.4, 0.5) is 5.69 Å². The summed E-state index contributed by atoms with van der Waals surface area (Å²) in [6.45, 7) is 3.76. The molecule has 2 aromatic carbocycles. The number of amides is 2. The van der Waals surface area contributed by atoms with Crippen LogP contribution in [0.1, 0.15) is 36.2 Å². The Kier molecular flexibility index (Phi) is 7.70. The van der Waals surface area contributed by atoms with Crippen molar-refractivity contribution in [3.05, 3.63) is 52.5 Å². The van der Waals surface area contributed by atoms with Gasteiger partial charge in [-0.15, -0.1) is 0 Å². The highest BCUT2D eigenvalue weighted by molar-refractivity contribution is 6.33. The number of carbonyl (C=O) groups excluding carboxylic acids is 2. The van der Waals surface area contributed by atoms with Gasteiger partial charge >= 0.3 is 0 Å². The summed E-state index contributed by atoms with van der Waals surface area (Å²) in [6, 6.07) is 10.4. The number of halogens is 1. The van der Waals surface area contributed by atoms with Crippen molar-refractivity contribution in [3.8, 4) is 11.5 Å². The highest BCUT2D eigenvalue weighted by atomic mass is 35.5. The fourth-order valence-corrected chi connectivity index (χ4v) is 2.78. The molecule has 0 spiro atoms. The molecule has 0 saturated carbocycles. The summed E-state index contributed by atoms with van der Waals surface area (Å²) in [6.07, 6.45) is 0.783. The first-order valence-corrected chi connectivity index (χ1v) is 9.33. The Balaban J connectivity index is 2.02. The monoisotopic (exact) mass is 404 g/mol. The molecule has 0 atom stereocenters. The molecule has 28 heavy (non-hydrogen) atoms. The van der Waals surface area contributed by atoms with Crippen molar-refractivity contribution >= 4 is 29.1 Å². The van der Waals surface area contributed by atoms with Crippen LogP contribution in [-0.2, 0) is 11.2 Å². The molecule has 0 bridgehead atoms. The van der Waals surface area contributed by atoms with Crippen LogP contribution >= 0.6 is 11.6 Å². The Bertz CT molecular complexity index is 852. The number of methoxy groups -OCH3 is 2. The first-order chi connectivity index (χ1) is 13.3. The second-order valence-corrected chi connectivity index (χ2v) is 6.97. The third kappa shape index (κ3) is 5.89. The van der Waals surface area contributed by atoms with Crippen molar-refractivity contribution in [1.82, 2.24) is 5.32 Å². The fourth-order valence-electron chi connectivity index (χ4n) is 2.61. The largest absolute Gasteiger partial charge is 0.493 e. The van der Waals surface area contributed by atoms with E-state index in [4.69, 9.17) is 21.1 Å². The Morgan fingerprint density at radius 3 is 2.39 bits per heavy atom. The Morgan fingerprint density at radius 2 is 1.75 bits per heavy atom. The number of aryl methyl sites for hydroxylation is 1. The number of rotatable bonds is 8. The van der Waals surface area contributed by atoms with E-state index < -0.39 is 0 Å². The molecule has 0 unspecified atom stereocenters. The van der Waals surface area contributed by atoms with E-state index in [9.17, 15) is 9.59 Å². The molecule has 2 N–H and O–H groups in total. The van der Waals surface area contributed by atoms with E-state index in [0.29, 0.717) is 34.2 Å². The molecule has 0 aliphatic carbocycles. The van der Waals surface area contributed by atoms with Crippen molar-refractivity contribution in [2.75, 3.05) is 19.5 Å². The Morgan fingerprint density at radius 1 is 1.04 bits per heavy atom. The summed E-state index contributed by atoms with van der Waals surface area (Å²) in [7, 11) is 3.14. The van der Waals surface area contributed by atoms with Crippen molar-refractivity contribution in [2.24, 2.45) is 0 Å². The van der Waals surface area contributed by atoms with Crippen LogP contribution in [0.25, 0.3) is 0 Å². The van der Waals surface area contributed by atoms with Crippen molar-refractivity contribution < 1.29 is 19.1 Å². The second kappa shape index (κ2) is 9.99. The third-order valence-electron chi connectivity index (χ3n) is 4.01. The van der Waals surface area contributed by atoms with Crippen LogP contribution in [0, 0.1) is 0 Å². The zero-order valence-electron chi connectivity index (χ0n) is 16.5. The Labute approximate surface area is 170 Å². The van der Waals surface area contributed by atoms with E-state index in [0.717, 1.165) is 5.56 Å². The second-order valence-electron chi connectivity index (χ2n) is 6.56. The molecule has 0 saturated heterocycles. The first-order valence-electron chi connectivity index (χ1n) is 8.95. The van der Waals surface area contributed by atoms with E-state index in [-0.39, 0.29) is 24.3 Å². The highest BCUT2D eigenvalue weighted by Gasteiger charge is 2.12. The summed E-state index contributed by atoms with van der Waals surface area (Å²) in [5, 5.41) is 5.96. The number of anilines is 1. The van der Waals surface area contributed by atoms with Gasteiger partial charge in [-0.25, -0.2) is 0 Å². The van der Waals surface area contributed by atoms with Crippen LogP contribution in [0.5, 0.6) is 11.5 Å². The van der Waals surface area contributed by atoms with Gasteiger partial charge < -0.3 is 20.1 Å². The quantitative estimate of drug-likeness (QED) is 0.695. The fraction of sp³-hybridized carbons (Fsp3) is 0.333. The van der Waals surface area contributed by atoms with Crippen molar-refractivity contribution in [1.29, 1.82) is 0 Å². The smallest absolute Gasteiger partial charge is 0.251 e. The number of hydrogen-bond donors (Lipinski definition) is 2. The van der Waals surface area contributed by atoms with Gasteiger partial charge in [-0.2, -0.15) is 0 Å². The molecular formula is C21H25ClN2O4. The maximum atomic E-state index is 12.3. The van der Waals surface area contributed by atoms with Gasteiger partial charge in [0.05, 0.1) is 24.9 Å². The normalized spacial score (nSPS) is 10.5. The predicted octanol–water partition coefficient (Wildman–Crippen LogP) is 4.07. The van der Waals surface area contributed by atoms with E-state index in [1.165, 1.54) is 0 Å². The van der Waals surface area contributed by atoms with E-state index in [1.807, 2.05) is 26.0 Å². The lowest BCUT2D eigenvalue weighted by atomic mass is 10.1. The molecule has 7 heteroatoms. The first kappa shape index (κ1) is 21.6. The molecule has 0 aliphatic heterocycles. The number of hydrogen-bond acceptors (Lipinski definition) is 4. The van der Waals surface area contributed by atoms with Gasteiger partial charge in [0, 0.05) is 18.0 Å². The van der Waals surface area contributed by atoms with Crippen LogP contribution in [0.15, 0.2) is 36.4 Å². The lowest BCUT2D eigenvalue weighted by Gasteiger charge is -2.12. The molecule has 0 aliphatic rings. The van der Waals surface area contributed by atoms with E-state index >= 15 is 0 Å². The van der Waals surface area contributed by atoms with Crippen molar-refractivity contribution in [2.45, 2.75) is 32.7 Å². The Hall–Kier alpha value is -2.73. The predicted molar refractivity (Wildman–Crippen MR) is 111 cm³/mol. The van der Waals surface area contributed by atoms with Crippen LogP contribution < -0.4 is 20.1 Å². The van der Waals surface area contributed by atoms with Gasteiger partial charge in [0.2, 0.25) is 5.91 Å². The van der Waals surface area contributed by atoms with Gasteiger partial charge in [0.25, 0.3) is 5.91 Å². The van der Waals surface area contributed by atoms with E-state index in [2.05, 4.69) is 10.6 Å². The zero-order chi connectivity index (χ0) is 20.7. The molecule has 2 amide bonds. The summed E-state index contributed by atoms with van der Waals surface area (Å²) in [4.78, 5) is 24.5. The topological polar surface area (TPSA) is 76.7 Å². The van der Waals surface area contributed by atoms with Gasteiger partial charge in [0.1, 0.15) is 0 Å². The van der Waals surface area contributed by atoms with Gasteiger partial charge in [-0.3, -0.25) is 9.59 Å². The van der Waals surface area contributed by atoms with Gasteiger partial charge in [0.15, 0.2) is 11.5 Å². The standard InChI is InChI=1S/C21H25ClN2O4/c1-13(2)23-21(26)15-7-8-16(22)17(12-15)24-20(25)10-6-14-5-9-18(27-3)19(11-14)28-4/h5,7-9,11-13H,6,10H2,1-4H3,(H,23,26)(H,24,25). The lowest BCUT2D eigenvalue weighted by Crippen LogP contribution is -2.30. The molecule has 6 nitrogen and oxygen atoms in total. The van der Waals surface area contributed by atoms with Crippen LogP contribution in [0.3, 0.4) is 0 Å². The summed E-state index contributed by atoms with van der Waals surface area (Å²) in [5.41, 5.74) is 1.80. The molecule has 0 fully saturated rings. The lowest BCUT2D eigenvalue weighted by molar-refractivity contribution is -0.116. The number of benzene rings is 2. The maximum Gasteiger partial charge on any atom is 0.251 e. The summed E-state index contributed by atoms with van der Waals surface area (Å²) < 4.78 is 10.5. The average Bonchev–Trinajstić information content (AvgIpc) is 2.67. The minimum atomic E-state index is -0.215. The van der Waals surface area contributed by atoms with Crippen LogP contribution in [-0.4, -0.2) is 32.1 Å². The number of nitrogens with one attached hydrogen (secondary N) is 2. The SMILES string of the molecule is COc1ccc(CCC(=O)Nc2cc(C(=O)NC(C)C)ccc2Cl)cc1OC.